The predicted molar refractivity (Wildman–Crippen MR) is 131 cm³/mol. The number of benzene rings is 2. The van der Waals surface area contributed by atoms with E-state index in [0.29, 0.717) is 34.6 Å². The fraction of sp³-hybridized carbons (Fsp3) is 0.269. The average molecular weight is 465 g/mol. The fourth-order valence-electron chi connectivity index (χ4n) is 3.59. The van der Waals surface area contributed by atoms with Crippen molar-refractivity contribution in [3.63, 3.8) is 0 Å². The first-order valence-electron chi connectivity index (χ1n) is 10.8. The lowest BCUT2D eigenvalue weighted by molar-refractivity contribution is 0.0687. The Kier molecular flexibility index (Phi) is 6.32. The van der Waals surface area contributed by atoms with Crippen molar-refractivity contribution in [1.82, 2.24) is 15.0 Å². The second kappa shape index (κ2) is 9.04. The molecule has 2 N–H and O–H groups in total. The number of pyridine rings is 1. The van der Waals surface area contributed by atoms with E-state index in [1.165, 1.54) is 6.07 Å². The maximum absolute atomic E-state index is 14.4. The molecule has 2 heterocycles. The van der Waals surface area contributed by atoms with Gasteiger partial charge in [-0.2, -0.15) is 0 Å². The van der Waals surface area contributed by atoms with E-state index >= 15 is 0 Å². The van der Waals surface area contributed by atoms with Crippen LogP contribution in [-0.4, -0.2) is 20.1 Å². The molecule has 4 rings (SSSR count). The molecular formula is C26H26ClFN4O. The second-order valence-corrected chi connectivity index (χ2v) is 9.33. The van der Waals surface area contributed by atoms with Crippen molar-refractivity contribution in [2.45, 2.75) is 45.8 Å². The first kappa shape index (κ1) is 23.1. The normalized spacial score (nSPS) is 11.9. The first-order valence-corrected chi connectivity index (χ1v) is 11.2. The second-order valence-electron chi connectivity index (χ2n) is 8.93. The molecule has 0 unspecified atom stereocenters. The lowest BCUT2D eigenvalue weighted by atomic mass is 10.0. The van der Waals surface area contributed by atoms with Gasteiger partial charge in [0, 0.05) is 41.6 Å². The molecule has 0 saturated carbocycles. The van der Waals surface area contributed by atoms with Gasteiger partial charge in [0.1, 0.15) is 11.4 Å². The van der Waals surface area contributed by atoms with E-state index in [9.17, 15) is 9.50 Å². The van der Waals surface area contributed by atoms with Gasteiger partial charge in [-0.15, -0.1) is 0 Å². The van der Waals surface area contributed by atoms with Crippen molar-refractivity contribution in [2.24, 2.45) is 0 Å². The third kappa shape index (κ3) is 4.97. The van der Waals surface area contributed by atoms with Gasteiger partial charge in [-0.25, -0.2) is 14.4 Å². The molecule has 0 spiro atoms. The highest BCUT2D eigenvalue weighted by atomic mass is 35.5. The number of aromatic nitrogens is 3. The topological polar surface area (TPSA) is 70.9 Å². The average Bonchev–Trinajstić information content (AvgIpc) is 2.78. The maximum Gasteiger partial charge on any atom is 0.159 e. The van der Waals surface area contributed by atoms with Crippen molar-refractivity contribution in [2.75, 3.05) is 5.32 Å². The van der Waals surface area contributed by atoms with E-state index in [1.807, 2.05) is 30.3 Å². The van der Waals surface area contributed by atoms with Crippen LogP contribution in [0.15, 0.2) is 55.0 Å². The van der Waals surface area contributed by atoms with Gasteiger partial charge in [-0.1, -0.05) is 43.6 Å². The molecule has 0 fully saturated rings. The van der Waals surface area contributed by atoms with Crippen LogP contribution in [0, 0.1) is 5.82 Å². The van der Waals surface area contributed by atoms with Crippen LogP contribution in [0.25, 0.3) is 22.0 Å². The minimum absolute atomic E-state index is 0.258. The summed E-state index contributed by atoms with van der Waals surface area (Å²) in [7, 11) is 0. The summed E-state index contributed by atoms with van der Waals surface area (Å²) in [4.78, 5) is 13.0. The number of fused-ring (bicyclic) bond motifs is 1. The van der Waals surface area contributed by atoms with E-state index in [0.717, 1.165) is 27.6 Å². The molecular weight excluding hydrogens is 439 g/mol. The zero-order valence-corrected chi connectivity index (χ0v) is 19.8. The van der Waals surface area contributed by atoms with Crippen molar-refractivity contribution in [1.29, 1.82) is 0 Å². The molecule has 0 aliphatic carbocycles. The highest BCUT2D eigenvalue weighted by Gasteiger charge is 2.19. The van der Waals surface area contributed by atoms with Crippen LogP contribution in [-0.2, 0) is 12.1 Å². The van der Waals surface area contributed by atoms with Crippen molar-refractivity contribution < 1.29 is 9.50 Å². The highest BCUT2D eigenvalue weighted by Crippen LogP contribution is 2.33. The molecule has 0 radical (unpaired) electrons. The zero-order valence-electron chi connectivity index (χ0n) is 19.0. The summed E-state index contributed by atoms with van der Waals surface area (Å²) < 4.78 is 14.4. The molecule has 0 amide bonds. The standard InChI is InChI=1S/C26H26ClFN4O/c1-15(2)16-5-7-22(28)18(9-16)11-30-24-20-10-17(6-8-23(20)29-14-21(24)27)19-12-31-25(32-13-19)26(3,4)33/h5-10,12-15,33H,11H2,1-4H3,(H,29,30). The summed E-state index contributed by atoms with van der Waals surface area (Å²) in [5.74, 6) is 0.401. The summed E-state index contributed by atoms with van der Waals surface area (Å²) in [6.45, 7) is 7.74. The Morgan fingerprint density at radius 1 is 1.00 bits per heavy atom. The molecule has 0 saturated heterocycles. The fourth-order valence-corrected chi connectivity index (χ4v) is 3.81. The molecule has 33 heavy (non-hydrogen) atoms. The van der Waals surface area contributed by atoms with Crippen molar-refractivity contribution >= 4 is 28.2 Å². The van der Waals surface area contributed by atoms with Gasteiger partial charge in [-0.3, -0.25) is 4.98 Å². The van der Waals surface area contributed by atoms with E-state index in [-0.39, 0.29) is 5.82 Å². The van der Waals surface area contributed by atoms with E-state index in [2.05, 4.69) is 34.1 Å². The van der Waals surface area contributed by atoms with Gasteiger partial charge in [0.25, 0.3) is 0 Å². The van der Waals surface area contributed by atoms with Crippen LogP contribution in [0.4, 0.5) is 10.1 Å². The van der Waals surface area contributed by atoms with Crippen molar-refractivity contribution in [3.05, 3.63) is 82.8 Å². The lowest BCUT2D eigenvalue weighted by Gasteiger charge is -2.16. The number of rotatable bonds is 6. The number of aliphatic hydroxyl groups is 1. The van der Waals surface area contributed by atoms with Crippen molar-refractivity contribution in [3.8, 4) is 11.1 Å². The number of hydrogen-bond donors (Lipinski definition) is 2. The number of nitrogens with zero attached hydrogens (tertiary/aromatic N) is 3. The van der Waals surface area contributed by atoms with Gasteiger partial charge in [0.15, 0.2) is 5.82 Å². The number of hydrogen-bond acceptors (Lipinski definition) is 5. The Morgan fingerprint density at radius 3 is 2.39 bits per heavy atom. The zero-order chi connectivity index (χ0) is 23.8. The van der Waals surface area contributed by atoms with Gasteiger partial charge in [0.05, 0.1) is 16.2 Å². The van der Waals surface area contributed by atoms with Crippen LogP contribution in [0.3, 0.4) is 0 Å². The molecule has 2 aromatic carbocycles. The summed E-state index contributed by atoms with van der Waals surface area (Å²) >= 11 is 6.49. The molecule has 2 aromatic heterocycles. The van der Waals surface area contributed by atoms with Crippen LogP contribution in [0.2, 0.25) is 5.02 Å². The van der Waals surface area contributed by atoms with Crippen LogP contribution in [0.1, 0.15) is 50.6 Å². The number of anilines is 1. The molecule has 0 bridgehead atoms. The molecule has 4 aromatic rings. The van der Waals surface area contributed by atoms with Gasteiger partial charge in [-0.05, 0) is 49.1 Å². The molecule has 0 aliphatic rings. The SMILES string of the molecule is CC(C)c1ccc(F)c(CNc2c(Cl)cnc3ccc(-c4cnc(C(C)(C)O)nc4)cc23)c1. The summed E-state index contributed by atoms with van der Waals surface area (Å²) in [6.07, 6.45) is 4.95. The van der Waals surface area contributed by atoms with E-state index in [1.54, 1.807) is 32.4 Å². The Balaban J connectivity index is 1.69. The summed E-state index contributed by atoms with van der Waals surface area (Å²) in [6, 6.07) is 11.0. The Bertz CT molecular complexity index is 1300. The minimum atomic E-state index is -1.11. The molecule has 5 nitrogen and oxygen atoms in total. The summed E-state index contributed by atoms with van der Waals surface area (Å²) in [5, 5.41) is 14.7. The number of halogens is 2. The monoisotopic (exact) mass is 464 g/mol. The largest absolute Gasteiger partial charge is 0.382 e. The Morgan fingerprint density at radius 2 is 1.73 bits per heavy atom. The van der Waals surface area contributed by atoms with E-state index in [4.69, 9.17) is 11.6 Å². The third-order valence-electron chi connectivity index (χ3n) is 5.55. The van der Waals surface area contributed by atoms with E-state index < -0.39 is 5.60 Å². The van der Waals surface area contributed by atoms with Gasteiger partial charge < -0.3 is 10.4 Å². The smallest absolute Gasteiger partial charge is 0.159 e. The molecule has 0 aliphatic heterocycles. The predicted octanol–water partition coefficient (Wildman–Crippen LogP) is 6.45. The third-order valence-corrected chi connectivity index (χ3v) is 5.83. The van der Waals surface area contributed by atoms with Crippen LogP contribution < -0.4 is 5.32 Å². The van der Waals surface area contributed by atoms with Gasteiger partial charge >= 0.3 is 0 Å². The molecule has 0 atom stereocenters. The number of nitrogens with one attached hydrogen (secondary N) is 1. The molecule has 7 heteroatoms. The highest BCUT2D eigenvalue weighted by molar-refractivity contribution is 6.34. The van der Waals surface area contributed by atoms with Gasteiger partial charge in [0.2, 0.25) is 0 Å². The van der Waals surface area contributed by atoms with Crippen LogP contribution in [0.5, 0.6) is 0 Å². The van der Waals surface area contributed by atoms with Crippen LogP contribution >= 0.6 is 11.6 Å². The maximum atomic E-state index is 14.4. The quantitative estimate of drug-likeness (QED) is 0.343. The Labute approximate surface area is 197 Å². The summed E-state index contributed by atoms with van der Waals surface area (Å²) in [5.41, 5.74) is 3.67. The molecule has 170 valence electrons. The minimum Gasteiger partial charge on any atom is -0.382 e. The lowest BCUT2D eigenvalue weighted by Crippen LogP contribution is -2.19. The Hall–Kier alpha value is -3.09. The first-order chi connectivity index (χ1) is 15.6.